The van der Waals surface area contributed by atoms with E-state index in [1.165, 1.54) is 12.2 Å². The average Bonchev–Trinajstić information content (AvgIpc) is 2.80. The molecule has 0 aromatic heterocycles. The predicted octanol–water partition coefficient (Wildman–Crippen LogP) is 3.56. The molecule has 104 valence electrons. The molecule has 0 aliphatic carbocycles. The molecule has 0 radical (unpaired) electrons. The fourth-order valence-electron chi connectivity index (χ4n) is 1.99. The number of nitrogens with zero attached hydrogens (tertiary/aromatic N) is 1. The monoisotopic (exact) mass is 299 g/mol. The lowest BCUT2D eigenvalue weighted by molar-refractivity contribution is -0.119. The Bertz CT molecular complexity index is 722. The van der Waals surface area contributed by atoms with Gasteiger partial charge >= 0.3 is 0 Å². The molecule has 0 saturated heterocycles. The van der Waals surface area contributed by atoms with E-state index in [0.29, 0.717) is 17.2 Å². The first-order valence-electron chi connectivity index (χ1n) is 6.24. The molecule has 2 aromatic carbocycles. The second kappa shape index (κ2) is 5.42. The van der Waals surface area contributed by atoms with E-state index in [9.17, 15) is 9.59 Å². The van der Waals surface area contributed by atoms with Crippen LogP contribution in [0.25, 0.3) is 0 Å². The van der Waals surface area contributed by atoms with Crippen LogP contribution in [0.2, 0.25) is 5.02 Å². The van der Waals surface area contributed by atoms with Crippen LogP contribution >= 0.6 is 11.6 Å². The van der Waals surface area contributed by atoms with Gasteiger partial charge in [-0.25, -0.2) is 4.90 Å². The van der Waals surface area contributed by atoms with Crippen LogP contribution in [0.15, 0.2) is 60.7 Å². The van der Waals surface area contributed by atoms with E-state index in [-0.39, 0.29) is 5.02 Å². The van der Waals surface area contributed by atoms with Gasteiger partial charge in [-0.3, -0.25) is 9.59 Å². The Morgan fingerprint density at radius 3 is 2.14 bits per heavy atom. The number of ether oxygens (including phenoxy) is 1. The minimum absolute atomic E-state index is 0.272. The van der Waals surface area contributed by atoms with Crippen molar-refractivity contribution in [2.75, 3.05) is 4.90 Å². The SMILES string of the molecule is O=C1C=CC(=O)N1c1ccc(Oc2ccccc2)cc1Cl. The van der Waals surface area contributed by atoms with E-state index in [4.69, 9.17) is 16.3 Å². The number of imide groups is 1. The predicted molar refractivity (Wildman–Crippen MR) is 79.6 cm³/mol. The van der Waals surface area contributed by atoms with Crippen LogP contribution < -0.4 is 9.64 Å². The highest BCUT2D eigenvalue weighted by molar-refractivity contribution is 6.37. The summed E-state index contributed by atoms with van der Waals surface area (Å²) in [6.45, 7) is 0. The van der Waals surface area contributed by atoms with Gasteiger partial charge < -0.3 is 4.74 Å². The van der Waals surface area contributed by atoms with Crippen LogP contribution in [0.5, 0.6) is 11.5 Å². The molecule has 21 heavy (non-hydrogen) atoms. The lowest BCUT2D eigenvalue weighted by atomic mass is 10.2. The number of hydrogen-bond donors (Lipinski definition) is 0. The Kier molecular flexibility index (Phi) is 3.46. The fourth-order valence-corrected chi connectivity index (χ4v) is 2.25. The summed E-state index contributed by atoms with van der Waals surface area (Å²) in [6, 6.07) is 14.1. The van der Waals surface area contributed by atoms with Gasteiger partial charge in [-0.2, -0.15) is 0 Å². The first-order chi connectivity index (χ1) is 10.1. The second-order valence-electron chi connectivity index (χ2n) is 4.37. The van der Waals surface area contributed by atoms with E-state index >= 15 is 0 Å². The van der Waals surface area contributed by atoms with Gasteiger partial charge in [0.05, 0.1) is 10.7 Å². The number of para-hydroxylation sites is 1. The third-order valence-corrected chi connectivity index (χ3v) is 3.25. The fraction of sp³-hybridized carbons (Fsp3) is 0. The molecule has 5 heteroatoms. The number of hydrogen-bond acceptors (Lipinski definition) is 3. The molecule has 0 saturated carbocycles. The highest BCUT2D eigenvalue weighted by Crippen LogP contribution is 2.33. The van der Waals surface area contributed by atoms with E-state index in [2.05, 4.69) is 0 Å². The van der Waals surface area contributed by atoms with Gasteiger partial charge in [0.25, 0.3) is 11.8 Å². The zero-order valence-electron chi connectivity index (χ0n) is 10.8. The number of amides is 2. The maximum absolute atomic E-state index is 11.6. The lowest BCUT2D eigenvalue weighted by Gasteiger charge is -2.16. The quantitative estimate of drug-likeness (QED) is 0.814. The molecule has 0 unspecified atom stereocenters. The van der Waals surface area contributed by atoms with Crippen LogP contribution in [0.3, 0.4) is 0 Å². The molecule has 0 bridgehead atoms. The van der Waals surface area contributed by atoms with Gasteiger partial charge in [0.1, 0.15) is 11.5 Å². The van der Waals surface area contributed by atoms with Crippen LogP contribution in [0.4, 0.5) is 5.69 Å². The van der Waals surface area contributed by atoms with Crippen molar-refractivity contribution >= 4 is 29.1 Å². The van der Waals surface area contributed by atoms with Crippen molar-refractivity contribution in [2.45, 2.75) is 0 Å². The van der Waals surface area contributed by atoms with Crippen molar-refractivity contribution in [2.24, 2.45) is 0 Å². The molecular weight excluding hydrogens is 290 g/mol. The molecule has 2 amide bonds. The normalized spacial score (nSPS) is 13.9. The van der Waals surface area contributed by atoms with Crippen molar-refractivity contribution in [1.29, 1.82) is 0 Å². The number of carbonyl (C=O) groups excluding carboxylic acids is 2. The highest BCUT2D eigenvalue weighted by atomic mass is 35.5. The van der Waals surface area contributed by atoms with E-state index in [1.807, 2.05) is 30.3 Å². The smallest absolute Gasteiger partial charge is 0.258 e. The third-order valence-electron chi connectivity index (χ3n) is 2.95. The first kappa shape index (κ1) is 13.4. The number of rotatable bonds is 3. The van der Waals surface area contributed by atoms with Gasteiger partial charge in [-0.1, -0.05) is 29.8 Å². The second-order valence-corrected chi connectivity index (χ2v) is 4.78. The number of benzene rings is 2. The maximum atomic E-state index is 11.6. The van der Waals surface area contributed by atoms with Gasteiger partial charge in [0.15, 0.2) is 0 Å². The van der Waals surface area contributed by atoms with Gasteiger partial charge in [-0.05, 0) is 24.3 Å². The van der Waals surface area contributed by atoms with Crippen molar-refractivity contribution in [3.63, 3.8) is 0 Å². The molecule has 0 fully saturated rings. The first-order valence-corrected chi connectivity index (χ1v) is 6.61. The number of carbonyl (C=O) groups is 2. The Morgan fingerprint density at radius 2 is 1.52 bits per heavy atom. The molecule has 1 aliphatic rings. The van der Waals surface area contributed by atoms with E-state index in [1.54, 1.807) is 18.2 Å². The Labute approximate surface area is 126 Å². The number of halogens is 1. The summed E-state index contributed by atoms with van der Waals surface area (Å²) in [4.78, 5) is 24.3. The van der Waals surface area contributed by atoms with Crippen molar-refractivity contribution in [3.05, 3.63) is 65.7 Å². The molecule has 2 aromatic rings. The third kappa shape index (κ3) is 2.66. The van der Waals surface area contributed by atoms with Crippen molar-refractivity contribution in [1.82, 2.24) is 0 Å². The average molecular weight is 300 g/mol. The molecule has 0 atom stereocenters. The zero-order chi connectivity index (χ0) is 14.8. The van der Waals surface area contributed by atoms with E-state index in [0.717, 1.165) is 4.90 Å². The van der Waals surface area contributed by atoms with Crippen LogP contribution in [-0.2, 0) is 9.59 Å². The van der Waals surface area contributed by atoms with Gasteiger partial charge in [0.2, 0.25) is 0 Å². The summed E-state index contributed by atoms with van der Waals surface area (Å²) >= 11 is 6.15. The molecule has 1 heterocycles. The van der Waals surface area contributed by atoms with Crippen LogP contribution in [-0.4, -0.2) is 11.8 Å². The summed E-state index contributed by atoms with van der Waals surface area (Å²) in [5, 5.41) is 0.272. The topological polar surface area (TPSA) is 46.6 Å². The number of anilines is 1. The van der Waals surface area contributed by atoms with Crippen molar-refractivity contribution in [3.8, 4) is 11.5 Å². The molecule has 4 nitrogen and oxygen atoms in total. The zero-order valence-corrected chi connectivity index (χ0v) is 11.6. The van der Waals surface area contributed by atoms with Gasteiger partial charge in [0, 0.05) is 18.2 Å². The summed E-state index contributed by atoms with van der Waals surface area (Å²) in [6.07, 6.45) is 2.43. The van der Waals surface area contributed by atoms with Gasteiger partial charge in [-0.15, -0.1) is 0 Å². The minimum Gasteiger partial charge on any atom is -0.457 e. The molecule has 0 spiro atoms. The lowest BCUT2D eigenvalue weighted by Crippen LogP contribution is -2.29. The standard InChI is InChI=1S/C16H10ClNO3/c17-13-10-12(21-11-4-2-1-3-5-11)6-7-14(13)18-15(19)8-9-16(18)20/h1-10H. The van der Waals surface area contributed by atoms with Crippen LogP contribution in [0, 0.1) is 0 Å². The Morgan fingerprint density at radius 1 is 0.857 bits per heavy atom. The summed E-state index contributed by atoms with van der Waals surface area (Å²) < 4.78 is 5.64. The largest absolute Gasteiger partial charge is 0.457 e. The molecular formula is C16H10ClNO3. The Hall–Kier alpha value is -2.59. The highest BCUT2D eigenvalue weighted by Gasteiger charge is 2.27. The summed E-state index contributed by atoms with van der Waals surface area (Å²) in [5.41, 5.74) is 0.345. The molecule has 0 N–H and O–H groups in total. The maximum Gasteiger partial charge on any atom is 0.258 e. The summed E-state index contributed by atoms with van der Waals surface area (Å²) in [7, 11) is 0. The van der Waals surface area contributed by atoms with E-state index < -0.39 is 11.8 Å². The molecule has 1 aliphatic heterocycles. The van der Waals surface area contributed by atoms with Crippen LogP contribution in [0.1, 0.15) is 0 Å². The van der Waals surface area contributed by atoms with Crippen molar-refractivity contribution < 1.29 is 14.3 Å². The molecule has 3 rings (SSSR count). The minimum atomic E-state index is -0.404. The Balaban J connectivity index is 1.87. The summed E-state index contributed by atoms with van der Waals surface area (Å²) in [5.74, 6) is 0.399.